The largest absolute Gasteiger partial charge is 0.479 e. The van der Waals surface area contributed by atoms with Crippen LogP contribution in [0.15, 0.2) is 0 Å². The maximum absolute atomic E-state index is 12.2. The SMILES string of the molecule is CC(F)(CN)C(=O)O. The Bertz CT molecular complexity index is 102. The summed E-state index contributed by atoms with van der Waals surface area (Å²) in [6.07, 6.45) is 0. The summed E-state index contributed by atoms with van der Waals surface area (Å²) in [5.74, 6) is -1.51. The molecule has 0 radical (unpaired) electrons. The van der Waals surface area contributed by atoms with Gasteiger partial charge in [0.05, 0.1) is 0 Å². The van der Waals surface area contributed by atoms with E-state index in [1.807, 2.05) is 0 Å². The fourth-order valence-corrected chi connectivity index (χ4v) is 0.0873. The van der Waals surface area contributed by atoms with Crippen molar-refractivity contribution in [1.82, 2.24) is 0 Å². The lowest BCUT2D eigenvalue weighted by Crippen LogP contribution is -2.37. The summed E-state index contributed by atoms with van der Waals surface area (Å²) >= 11 is 0. The minimum Gasteiger partial charge on any atom is -0.479 e. The molecular weight excluding hydrogens is 113 g/mol. The maximum atomic E-state index is 12.2. The second kappa shape index (κ2) is 2.09. The predicted octanol–water partition coefficient (Wildman–Crippen LogP) is -0.242. The molecule has 0 aromatic heterocycles. The van der Waals surface area contributed by atoms with Gasteiger partial charge in [0.2, 0.25) is 5.67 Å². The molecule has 0 saturated heterocycles. The first-order chi connectivity index (χ1) is 3.50. The summed E-state index contributed by atoms with van der Waals surface area (Å²) in [5, 5.41) is 7.99. The van der Waals surface area contributed by atoms with Gasteiger partial charge >= 0.3 is 5.97 Å². The van der Waals surface area contributed by atoms with Crippen LogP contribution >= 0.6 is 0 Å². The van der Waals surface area contributed by atoms with Crippen molar-refractivity contribution < 1.29 is 14.3 Å². The average Bonchev–Trinajstić information content (AvgIpc) is 1.67. The van der Waals surface area contributed by atoms with Crippen LogP contribution in [-0.2, 0) is 4.79 Å². The van der Waals surface area contributed by atoms with Gasteiger partial charge in [-0.2, -0.15) is 0 Å². The first-order valence-corrected chi connectivity index (χ1v) is 2.13. The van der Waals surface area contributed by atoms with Crippen LogP contribution in [0.5, 0.6) is 0 Å². The highest BCUT2D eigenvalue weighted by molar-refractivity contribution is 5.76. The average molecular weight is 121 g/mol. The molecule has 0 aromatic carbocycles. The van der Waals surface area contributed by atoms with Crippen LogP contribution in [0.4, 0.5) is 4.39 Å². The summed E-state index contributed by atoms with van der Waals surface area (Å²) in [6.45, 7) is 0.442. The molecule has 0 aromatic rings. The second-order valence-electron chi connectivity index (χ2n) is 1.71. The van der Waals surface area contributed by atoms with Crippen LogP contribution in [-0.4, -0.2) is 23.3 Å². The number of hydrogen-bond acceptors (Lipinski definition) is 2. The normalized spacial score (nSPS) is 17.4. The van der Waals surface area contributed by atoms with Crippen molar-refractivity contribution in [3.05, 3.63) is 0 Å². The molecule has 0 bridgehead atoms. The van der Waals surface area contributed by atoms with Gasteiger partial charge < -0.3 is 10.8 Å². The molecule has 4 heteroatoms. The summed E-state index contributed by atoms with van der Waals surface area (Å²) < 4.78 is 12.2. The topological polar surface area (TPSA) is 63.3 Å². The third-order valence-electron chi connectivity index (χ3n) is 0.829. The van der Waals surface area contributed by atoms with E-state index in [1.165, 1.54) is 0 Å². The zero-order chi connectivity index (χ0) is 6.78. The van der Waals surface area contributed by atoms with Gasteiger partial charge in [-0.1, -0.05) is 0 Å². The van der Waals surface area contributed by atoms with E-state index in [1.54, 1.807) is 0 Å². The van der Waals surface area contributed by atoms with Gasteiger partial charge in [-0.05, 0) is 6.92 Å². The Hall–Kier alpha value is -0.640. The predicted molar refractivity (Wildman–Crippen MR) is 26.2 cm³/mol. The highest BCUT2D eigenvalue weighted by atomic mass is 19.1. The standard InChI is InChI=1S/C4H8FNO2/c1-4(5,2-6)3(7)8/h2,6H2,1H3,(H,7,8). The first-order valence-electron chi connectivity index (χ1n) is 2.13. The van der Waals surface area contributed by atoms with Gasteiger partial charge in [0.15, 0.2) is 0 Å². The highest BCUT2D eigenvalue weighted by Gasteiger charge is 2.30. The van der Waals surface area contributed by atoms with E-state index in [2.05, 4.69) is 0 Å². The lowest BCUT2D eigenvalue weighted by molar-refractivity contribution is -0.148. The number of halogens is 1. The minimum absolute atomic E-state index is 0.484. The van der Waals surface area contributed by atoms with Crippen LogP contribution in [0.1, 0.15) is 6.92 Å². The van der Waals surface area contributed by atoms with Crippen molar-refractivity contribution in [3.8, 4) is 0 Å². The molecule has 3 N–H and O–H groups in total. The van der Waals surface area contributed by atoms with Crippen molar-refractivity contribution in [2.45, 2.75) is 12.6 Å². The van der Waals surface area contributed by atoms with Crippen LogP contribution in [0, 0.1) is 0 Å². The van der Waals surface area contributed by atoms with Crippen molar-refractivity contribution >= 4 is 5.97 Å². The Labute approximate surface area is 46.3 Å². The Morgan fingerprint density at radius 3 is 2.38 bits per heavy atom. The second-order valence-corrected chi connectivity index (χ2v) is 1.71. The summed E-state index contributed by atoms with van der Waals surface area (Å²) in [4.78, 5) is 9.80. The minimum atomic E-state index is -2.26. The molecular formula is C4H8FNO2. The number of rotatable bonds is 2. The fourth-order valence-electron chi connectivity index (χ4n) is 0.0873. The highest BCUT2D eigenvalue weighted by Crippen LogP contribution is 2.05. The van der Waals surface area contributed by atoms with Crippen LogP contribution < -0.4 is 5.73 Å². The zero-order valence-electron chi connectivity index (χ0n) is 4.52. The number of nitrogens with two attached hydrogens (primary N) is 1. The van der Waals surface area contributed by atoms with E-state index in [-0.39, 0.29) is 0 Å². The number of carboxylic acids is 1. The molecule has 0 spiro atoms. The first kappa shape index (κ1) is 7.36. The monoisotopic (exact) mass is 121 g/mol. The van der Waals surface area contributed by atoms with Crippen molar-refractivity contribution in [1.29, 1.82) is 0 Å². The van der Waals surface area contributed by atoms with Crippen LogP contribution in [0.25, 0.3) is 0 Å². The van der Waals surface area contributed by atoms with Crippen molar-refractivity contribution in [3.63, 3.8) is 0 Å². The van der Waals surface area contributed by atoms with E-state index < -0.39 is 18.2 Å². The van der Waals surface area contributed by atoms with E-state index in [0.717, 1.165) is 6.92 Å². The van der Waals surface area contributed by atoms with E-state index in [9.17, 15) is 9.18 Å². The smallest absolute Gasteiger partial charge is 0.342 e. The molecule has 48 valence electrons. The van der Waals surface area contributed by atoms with Crippen molar-refractivity contribution in [2.24, 2.45) is 5.73 Å². The summed E-state index contributed by atoms with van der Waals surface area (Å²) in [7, 11) is 0. The summed E-state index contributed by atoms with van der Waals surface area (Å²) in [5.41, 5.74) is 2.49. The van der Waals surface area contributed by atoms with E-state index in [4.69, 9.17) is 10.8 Å². The third-order valence-corrected chi connectivity index (χ3v) is 0.829. The van der Waals surface area contributed by atoms with Gasteiger partial charge in [0.1, 0.15) is 0 Å². The van der Waals surface area contributed by atoms with E-state index >= 15 is 0 Å². The number of alkyl halides is 1. The quantitative estimate of drug-likeness (QED) is 0.529. The van der Waals surface area contributed by atoms with Gasteiger partial charge in [0, 0.05) is 6.54 Å². The maximum Gasteiger partial charge on any atom is 0.342 e. The molecule has 8 heavy (non-hydrogen) atoms. The number of carboxylic acid groups (broad SMARTS) is 1. The molecule has 0 aliphatic heterocycles. The van der Waals surface area contributed by atoms with Crippen molar-refractivity contribution in [2.75, 3.05) is 6.54 Å². The molecule has 0 amide bonds. The lowest BCUT2D eigenvalue weighted by atomic mass is 10.1. The Morgan fingerprint density at radius 2 is 2.38 bits per heavy atom. The van der Waals surface area contributed by atoms with Crippen LogP contribution in [0.2, 0.25) is 0 Å². The van der Waals surface area contributed by atoms with Crippen LogP contribution in [0.3, 0.4) is 0 Å². The third kappa shape index (κ3) is 1.46. The van der Waals surface area contributed by atoms with Gasteiger partial charge in [-0.15, -0.1) is 0 Å². The van der Waals surface area contributed by atoms with E-state index in [0.29, 0.717) is 0 Å². The Kier molecular flexibility index (Phi) is 1.92. The summed E-state index contributed by atoms with van der Waals surface area (Å²) in [6, 6.07) is 0. The zero-order valence-corrected chi connectivity index (χ0v) is 4.52. The molecule has 0 fully saturated rings. The number of carbonyl (C=O) groups is 1. The molecule has 3 nitrogen and oxygen atoms in total. The molecule has 0 saturated carbocycles. The van der Waals surface area contributed by atoms with Gasteiger partial charge in [-0.25, -0.2) is 9.18 Å². The molecule has 0 rings (SSSR count). The molecule has 0 heterocycles. The van der Waals surface area contributed by atoms with Gasteiger partial charge in [-0.3, -0.25) is 0 Å². The molecule has 0 aliphatic rings. The number of hydrogen-bond donors (Lipinski definition) is 2. The Morgan fingerprint density at radius 1 is 2.00 bits per heavy atom. The fraction of sp³-hybridized carbons (Fsp3) is 0.750. The molecule has 1 atom stereocenters. The lowest BCUT2D eigenvalue weighted by Gasteiger charge is -2.09. The molecule has 1 unspecified atom stereocenters. The molecule has 0 aliphatic carbocycles. The van der Waals surface area contributed by atoms with Gasteiger partial charge in [0.25, 0.3) is 0 Å². The number of aliphatic carboxylic acids is 1. The Balaban J connectivity index is 3.91.